The molecule has 0 aliphatic heterocycles. The first kappa shape index (κ1) is 31.9. The third kappa shape index (κ3) is 7.70. The van der Waals surface area contributed by atoms with Gasteiger partial charge in [0.05, 0.1) is 16.9 Å². The number of anilines is 2. The lowest BCUT2D eigenvalue weighted by Gasteiger charge is -2.29. The Kier molecular flexibility index (Phi) is 9.15. The molecule has 43 heavy (non-hydrogen) atoms. The number of carbonyl (C=O) groups excluding carboxylic acids is 3. The molecule has 0 radical (unpaired) electrons. The predicted molar refractivity (Wildman–Crippen MR) is 164 cm³/mol. The van der Waals surface area contributed by atoms with Crippen molar-refractivity contribution >= 4 is 52.1 Å². The average molecular weight is 614 g/mol. The van der Waals surface area contributed by atoms with Crippen molar-refractivity contribution in [3.63, 3.8) is 0 Å². The van der Waals surface area contributed by atoms with Gasteiger partial charge in [-0.05, 0) is 84.4 Å². The first-order valence-corrected chi connectivity index (χ1v) is 14.5. The van der Waals surface area contributed by atoms with Gasteiger partial charge < -0.3 is 14.8 Å². The highest BCUT2D eigenvalue weighted by Gasteiger charge is 2.34. The highest BCUT2D eigenvalue weighted by molar-refractivity contribution is 6.36. The molecule has 10 nitrogen and oxygen atoms in total. The van der Waals surface area contributed by atoms with Crippen molar-refractivity contribution in [1.29, 1.82) is 0 Å². The van der Waals surface area contributed by atoms with E-state index >= 15 is 4.39 Å². The molecule has 1 aromatic carbocycles. The summed E-state index contributed by atoms with van der Waals surface area (Å²) in [4.78, 5) is 48.2. The number of nitrogens with zero attached hydrogens (tertiary/aromatic N) is 3. The third-order valence-electron chi connectivity index (χ3n) is 6.71. The van der Waals surface area contributed by atoms with Gasteiger partial charge in [0.2, 0.25) is 0 Å². The summed E-state index contributed by atoms with van der Waals surface area (Å²) >= 11 is 6.46. The lowest BCUT2D eigenvalue weighted by molar-refractivity contribution is 0.0430. The number of nitrogens with one attached hydrogen (secondary N) is 2. The molecular weight excluding hydrogens is 577 g/mol. The maximum absolute atomic E-state index is 15.8. The molecule has 1 saturated carbocycles. The topological polar surface area (TPSA) is 123 Å². The van der Waals surface area contributed by atoms with Crippen LogP contribution in [0.4, 0.5) is 30.3 Å². The van der Waals surface area contributed by atoms with E-state index in [1.165, 1.54) is 18.6 Å². The van der Waals surface area contributed by atoms with Gasteiger partial charge in [0.25, 0.3) is 0 Å². The van der Waals surface area contributed by atoms with E-state index in [0.29, 0.717) is 16.3 Å². The lowest BCUT2D eigenvalue weighted by Crippen LogP contribution is -2.44. The Morgan fingerprint density at radius 2 is 1.56 bits per heavy atom. The van der Waals surface area contributed by atoms with Crippen molar-refractivity contribution in [2.24, 2.45) is 0 Å². The van der Waals surface area contributed by atoms with Crippen LogP contribution in [0.25, 0.3) is 21.9 Å². The summed E-state index contributed by atoms with van der Waals surface area (Å²) in [5.74, 6) is -0.472. The Labute approximate surface area is 255 Å². The number of amides is 4. The van der Waals surface area contributed by atoms with Gasteiger partial charge in [-0.15, -0.1) is 0 Å². The van der Waals surface area contributed by atoms with E-state index in [4.69, 9.17) is 21.1 Å². The van der Waals surface area contributed by atoms with Crippen LogP contribution in [0.3, 0.4) is 0 Å². The highest BCUT2D eigenvalue weighted by Crippen LogP contribution is 2.38. The number of aromatic nitrogens is 2. The number of benzene rings is 1. The second kappa shape index (κ2) is 12.3. The minimum atomic E-state index is -0.974. The summed E-state index contributed by atoms with van der Waals surface area (Å²) in [6.07, 6.45) is 6.19. The molecular formula is C31H37ClFN5O5. The second-order valence-corrected chi connectivity index (χ2v) is 12.9. The number of fused-ring (bicyclic) bond motifs is 1. The van der Waals surface area contributed by atoms with Crippen LogP contribution in [-0.4, -0.2) is 45.4 Å². The van der Waals surface area contributed by atoms with Crippen LogP contribution in [-0.2, 0) is 9.47 Å². The molecule has 4 amide bonds. The monoisotopic (exact) mass is 613 g/mol. The minimum Gasteiger partial charge on any atom is -0.443 e. The third-order valence-corrected chi connectivity index (χ3v) is 7.07. The molecule has 0 bridgehead atoms. The van der Waals surface area contributed by atoms with Crippen LogP contribution < -0.4 is 15.5 Å². The number of carbonyl (C=O) groups is 3. The first-order chi connectivity index (χ1) is 20.0. The quantitative estimate of drug-likeness (QED) is 0.304. The number of hydrogen-bond donors (Lipinski definition) is 2. The molecule has 2 heterocycles. The fraction of sp³-hybridized carbons (Fsp3) is 0.452. The summed E-state index contributed by atoms with van der Waals surface area (Å²) < 4.78 is 26.8. The van der Waals surface area contributed by atoms with Gasteiger partial charge in [-0.2, -0.15) is 4.90 Å². The number of ether oxygens (including phenoxy) is 2. The number of urea groups is 1. The van der Waals surface area contributed by atoms with E-state index in [1.807, 2.05) is 0 Å². The number of imide groups is 1. The minimum absolute atomic E-state index is 0.0530. The van der Waals surface area contributed by atoms with Gasteiger partial charge in [0.1, 0.15) is 22.8 Å². The number of pyridine rings is 2. The maximum Gasteiger partial charge on any atom is 0.424 e. The Balaban J connectivity index is 1.75. The summed E-state index contributed by atoms with van der Waals surface area (Å²) in [5, 5.41) is 6.34. The Morgan fingerprint density at radius 3 is 2.14 bits per heavy atom. The van der Waals surface area contributed by atoms with Crippen molar-refractivity contribution in [3.05, 3.63) is 47.1 Å². The van der Waals surface area contributed by atoms with Gasteiger partial charge in [-0.3, -0.25) is 10.3 Å². The Morgan fingerprint density at radius 1 is 0.953 bits per heavy atom. The molecule has 12 heteroatoms. The standard InChI is InChI=1S/C31H37ClFN5O5/c1-17-21(14-34-16-23(17)38(28(40)42-30(2,3)4)29(41)43-31(5,6)7)20-12-18-13-24(35-15-22(18)25(32)26(20)33)37-27(39)36-19-10-8-9-11-19/h12-16,19H,8-11H2,1-7H3,(H2,35,36,37,39). The van der Waals surface area contributed by atoms with Crippen LogP contribution in [0.1, 0.15) is 72.8 Å². The van der Waals surface area contributed by atoms with E-state index in [-0.39, 0.29) is 39.7 Å². The van der Waals surface area contributed by atoms with Crippen LogP contribution in [0.5, 0.6) is 0 Å². The van der Waals surface area contributed by atoms with Crippen molar-refractivity contribution in [2.45, 2.75) is 91.4 Å². The van der Waals surface area contributed by atoms with Crippen molar-refractivity contribution < 1.29 is 28.2 Å². The van der Waals surface area contributed by atoms with Crippen LogP contribution in [0, 0.1) is 12.7 Å². The van der Waals surface area contributed by atoms with Crippen molar-refractivity contribution in [2.75, 3.05) is 10.2 Å². The Bertz CT molecular complexity index is 1530. The normalized spacial score (nSPS) is 14.0. The molecule has 1 aliphatic carbocycles. The van der Waals surface area contributed by atoms with E-state index in [0.717, 1.165) is 30.6 Å². The summed E-state index contributed by atoms with van der Waals surface area (Å²) in [6.45, 7) is 11.6. The molecule has 0 unspecified atom stereocenters. The number of rotatable bonds is 4. The largest absolute Gasteiger partial charge is 0.443 e. The second-order valence-electron chi connectivity index (χ2n) is 12.5. The molecule has 1 fully saturated rings. The van der Waals surface area contributed by atoms with E-state index < -0.39 is 29.2 Å². The van der Waals surface area contributed by atoms with Crippen molar-refractivity contribution in [1.82, 2.24) is 15.3 Å². The molecule has 2 aromatic heterocycles. The fourth-order valence-electron chi connectivity index (χ4n) is 4.80. The number of halogens is 2. The summed E-state index contributed by atoms with van der Waals surface area (Å²) in [5.41, 5.74) is -1.07. The van der Waals surface area contributed by atoms with Crippen LogP contribution in [0.15, 0.2) is 30.7 Å². The highest BCUT2D eigenvalue weighted by atomic mass is 35.5. The zero-order chi connectivity index (χ0) is 31.7. The fourth-order valence-corrected chi connectivity index (χ4v) is 5.06. The Hall–Kier alpha value is -3.99. The van der Waals surface area contributed by atoms with Gasteiger partial charge in [-0.25, -0.2) is 23.8 Å². The molecule has 4 rings (SSSR count). The van der Waals surface area contributed by atoms with Crippen molar-refractivity contribution in [3.8, 4) is 11.1 Å². The molecule has 0 saturated heterocycles. The van der Waals surface area contributed by atoms with Gasteiger partial charge in [-0.1, -0.05) is 24.4 Å². The molecule has 0 atom stereocenters. The maximum atomic E-state index is 15.8. The van der Waals surface area contributed by atoms with Gasteiger partial charge >= 0.3 is 18.2 Å². The van der Waals surface area contributed by atoms with Crippen LogP contribution in [0.2, 0.25) is 5.02 Å². The number of hydrogen-bond acceptors (Lipinski definition) is 7. The smallest absolute Gasteiger partial charge is 0.424 e. The van der Waals surface area contributed by atoms with Crippen LogP contribution >= 0.6 is 11.6 Å². The summed E-state index contributed by atoms with van der Waals surface area (Å²) in [6, 6.07) is 2.90. The lowest BCUT2D eigenvalue weighted by atomic mass is 9.98. The molecule has 230 valence electrons. The van der Waals surface area contributed by atoms with E-state index in [2.05, 4.69) is 20.6 Å². The zero-order valence-corrected chi connectivity index (χ0v) is 26.2. The average Bonchev–Trinajstić information content (AvgIpc) is 3.38. The SMILES string of the molecule is Cc1c(-c2cc3cc(NC(=O)NC4CCCC4)ncc3c(Cl)c2F)cncc1N(C(=O)OC(C)(C)C)C(=O)OC(C)(C)C. The van der Waals surface area contributed by atoms with Gasteiger partial charge in [0, 0.05) is 34.9 Å². The predicted octanol–water partition coefficient (Wildman–Crippen LogP) is 8.14. The van der Waals surface area contributed by atoms with E-state index in [9.17, 15) is 14.4 Å². The van der Waals surface area contributed by atoms with Gasteiger partial charge in [0.15, 0.2) is 0 Å². The summed E-state index contributed by atoms with van der Waals surface area (Å²) in [7, 11) is 0. The zero-order valence-electron chi connectivity index (χ0n) is 25.4. The molecule has 1 aliphatic rings. The van der Waals surface area contributed by atoms with E-state index in [1.54, 1.807) is 60.6 Å². The first-order valence-electron chi connectivity index (χ1n) is 14.1. The molecule has 3 aromatic rings. The molecule has 2 N–H and O–H groups in total. The molecule has 0 spiro atoms.